The molecule has 0 atom stereocenters. The van der Waals surface area contributed by atoms with Gasteiger partial charge >= 0.3 is 12.0 Å². The Labute approximate surface area is 193 Å². The van der Waals surface area contributed by atoms with Crippen LogP contribution in [0.1, 0.15) is 48.5 Å². The van der Waals surface area contributed by atoms with Gasteiger partial charge in [-0.25, -0.2) is 9.59 Å². The fraction of sp³-hybridized carbons (Fsp3) is 0.391. The van der Waals surface area contributed by atoms with Crippen LogP contribution in [0.15, 0.2) is 48.5 Å². The van der Waals surface area contributed by atoms with E-state index in [-0.39, 0.29) is 29.5 Å². The lowest BCUT2D eigenvalue weighted by Crippen LogP contribution is -2.54. The fourth-order valence-electron chi connectivity index (χ4n) is 4.68. The molecule has 2 aromatic carbocycles. The van der Waals surface area contributed by atoms with E-state index < -0.39 is 11.5 Å². The Morgan fingerprint density at radius 1 is 1.06 bits per heavy atom. The van der Waals surface area contributed by atoms with Crippen molar-refractivity contribution in [2.75, 3.05) is 18.0 Å². The van der Waals surface area contributed by atoms with Crippen molar-refractivity contribution in [3.8, 4) is 0 Å². The molecule has 1 aliphatic heterocycles. The summed E-state index contributed by atoms with van der Waals surface area (Å²) in [5.41, 5.74) is 7.85. The van der Waals surface area contributed by atoms with Crippen molar-refractivity contribution in [3.63, 3.8) is 0 Å². The van der Waals surface area contributed by atoms with Gasteiger partial charge in [-0.3, -0.25) is 4.90 Å². The number of nitrogens with two attached hydrogens (primary N) is 1. The zero-order valence-corrected chi connectivity index (χ0v) is 19.0. The Balaban J connectivity index is 0.00000272. The maximum atomic E-state index is 13.2. The molecule has 31 heavy (non-hydrogen) atoms. The Hall–Kier alpha value is -2.28. The summed E-state index contributed by atoms with van der Waals surface area (Å²) >= 11 is 6.16. The fourth-order valence-corrected chi connectivity index (χ4v) is 4.87. The van der Waals surface area contributed by atoms with Gasteiger partial charge in [0, 0.05) is 34.9 Å². The van der Waals surface area contributed by atoms with Crippen LogP contribution >= 0.6 is 24.0 Å². The molecule has 1 aliphatic carbocycles. The van der Waals surface area contributed by atoms with Crippen LogP contribution in [-0.4, -0.2) is 40.6 Å². The van der Waals surface area contributed by atoms with E-state index in [1.54, 1.807) is 23.1 Å². The molecule has 0 aromatic heterocycles. The Bertz CT molecular complexity index is 990. The highest BCUT2D eigenvalue weighted by atomic mass is 35.5. The molecule has 2 fully saturated rings. The number of amides is 2. The predicted molar refractivity (Wildman–Crippen MR) is 124 cm³/mol. The number of benzene rings is 2. The smallest absolute Gasteiger partial charge is 0.335 e. The second kappa shape index (κ2) is 8.69. The minimum atomic E-state index is -1.00. The SMILES string of the molecule is CC1(N2CCN(c3cccc(C(=O)O)c3)C2=O)CCC(N)(c2cccc(Cl)c2)CC1.Cl. The summed E-state index contributed by atoms with van der Waals surface area (Å²) in [6.45, 7) is 3.28. The first-order valence-corrected chi connectivity index (χ1v) is 10.6. The summed E-state index contributed by atoms with van der Waals surface area (Å²) in [7, 11) is 0. The van der Waals surface area contributed by atoms with Crippen LogP contribution in [-0.2, 0) is 5.54 Å². The van der Waals surface area contributed by atoms with E-state index >= 15 is 0 Å². The number of urea groups is 1. The number of rotatable bonds is 4. The Morgan fingerprint density at radius 2 is 1.74 bits per heavy atom. The average Bonchev–Trinajstić information content (AvgIpc) is 3.13. The molecule has 8 heteroatoms. The number of carboxylic acids is 1. The number of hydrogen-bond donors (Lipinski definition) is 2. The molecule has 166 valence electrons. The van der Waals surface area contributed by atoms with E-state index in [1.807, 2.05) is 29.2 Å². The summed E-state index contributed by atoms with van der Waals surface area (Å²) < 4.78 is 0. The van der Waals surface area contributed by atoms with E-state index in [0.717, 1.165) is 31.2 Å². The quantitative estimate of drug-likeness (QED) is 0.675. The summed E-state index contributed by atoms with van der Waals surface area (Å²) in [6, 6.07) is 14.2. The predicted octanol–water partition coefficient (Wildman–Crippen LogP) is 4.89. The van der Waals surface area contributed by atoms with Crippen LogP contribution in [0.5, 0.6) is 0 Å². The number of aromatic carboxylic acids is 1. The lowest BCUT2D eigenvalue weighted by molar-refractivity contribution is 0.0696. The first kappa shape index (κ1) is 23.4. The minimum absolute atomic E-state index is 0. The molecular weight excluding hydrogens is 437 g/mol. The summed E-state index contributed by atoms with van der Waals surface area (Å²) in [5, 5.41) is 9.92. The number of halogens is 2. The van der Waals surface area contributed by atoms with E-state index in [2.05, 4.69) is 6.92 Å². The van der Waals surface area contributed by atoms with Gasteiger partial charge in [-0.05, 0) is 68.5 Å². The third kappa shape index (κ3) is 4.38. The third-order valence-corrected chi connectivity index (χ3v) is 6.92. The molecule has 3 N–H and O–H groups in total. The van der Waals surface area contributed by atoms with Crippen molar-refractivity contribution in [1.82, 2.24) is 4.90 Å². The largest absolute Gasteiger partial charge is 0.478 e. The number of carbonyl (C=O) groups is 2. The van der Waals surface area contributed by atoms with Gasteiger partial charge in [0.15, 0.2) is 0 Å². The molecule has 0 radical (unpaired) electrons. The Morgan fingerprint density at radius 3 is 2.39 bits per heavy atom. The molecule has 0 unspecified atom stereocenters. The first-order valence-electron chi connectivity index (χ1n) is 10.2. The molecule has 0 spiro atoms. The molecule has 1 saturated carbocycles. The highest BCUT2D eigenvalue weighted by Crippen LogP contribution is 2.44. The summed E-state index contributed by atoms with van der Waals surface area (Å²) in [6.07, 6.45) is 3.12. The monoisotopic (exact) mass is 463 g/mol. The van der Waals surface area contributed by atoms with Crippen LogP contribution in [0, 0.1) is 0 Å². The lowest BCUT2D eigenvalue weighted by atomic mass is 9.70. The molecule has 0 bridgehead atoms. The zero-order valence-electron chi connectivity index (χ0n) is 17.4. The number of carboxylic acid groups (broad SMARTS) is 1. The van der Waals surface area contributed by atoms with E-state index in [4.69, 9.17) is 17.3 Å². The van der Waals surface area contributed by atoms with Crippen molar-refractivity contribution >= 4 is 41.7 Å². The van der Waals surface area contributed by atoms with Crippen LogP contribution in [0.3, 0.4) is 0 Å². The van der Waals surface area contributed by atoms with Gasteiger partial charge in [0.2, 0.25) is 0 Å². The second-order valence-corrected chi connectivity index (χ2v) is 9.04. The molecule has 1 saturated heterocycles. The molecule has 4 rings (SSSR count). The minimum Gasteiger partial charge on any atom is -0.478 e. The number of hydrogen-bond acceptors (Lipinski definition) is 3. The van der Waals surface area contributed by atoms with Crippen LogP contribution in [0.4, 0.5) is 10.5 Å². The van der Waals surface area contributed by atoms with Gasteiger partial charge in [-0.2, -0.15) is 0 Å². The van der Waals surface area contributed by atoms with Gasteiger partial charge in [0.25, 0.3) is 0 Å². The maximum Gasteiger partial charge on any atom is 0.335 e. The van der Waals surface area contributed by atoms with Crippen molar-refractivity contribution in [2.45, 2.75) is 43.7 Å². The van der Waals surface area contributed by atoms with Crippen molar-refractivity contribution in [3.05, 3.63) is 64.7 Å². The molecule has 2 aliphatic rings. The van der Waals surface area contributed by atoms with Crippen LogP contribution in [0.2, 0.25) is 5.02 Å². The number of carbonyl (C=O) groups excluding carboxylic acids is 1. The topological polar surface area (TPSA) is 86.9 Å². The van der Waals surface area contributed by atoms with Gasteiger partial charge in [0.1, 0.15) is 0 Å². The first-order chi connectivity index (χ1) is 14.2. The molecule has 6 nitrogen and oxygen atoms in total. The van der Waals surface area contributed by atoms with Gasteiger partial charge in [-0.1, -0.05) is 29.8 Å². The molecule has 2 aromatic rings. The lowest BCUT2D eigenvalue weighted by Gasteiger charge is -2.47. The maximum absolute atomic E-state index is 13.2. The van der Waals surface area contributed by atoms with Crippen molar-refractivity contribution < 1.29 is 14.7 Å². The third-order valence-electron chi connectivity index (χ3n) is 6.68. The molecule has 2 amide bonds. The van der Waals surface area contributed by atoms with Gasteiger partial charge < -0.3 is 15.7 Å². The Kier molecular flexibility index (Phi) is 6.56. The van der Waals surface area contributed by atoms with Crippen LogP contribution in [0.25, 0.3) is 0 Å². The average molecular weight is 464 g/mol. The van der Waals surface area contributed by atoms with Crippen molar-refractivity contribution in [1.29, 1.82) is 0 Å². The highest BCUT2D eigenvalue weighted by molar-refractivity contribution is 6.30. The summed E-state index contributed by atoms with van der Waals surface area (Å²) in [4.78, 5) is 28.1. The molecular formula is C23H27Cl2N3O3. The number of nitrogens with zero attached hydrogens (tertiary/aromatic N) is 2. The number of anilines is 1. The van der Waals surface area contributed by atoms with E-state index in [9.17, 15) is 14.7 Å². The summed E-state index contributed by atoms with van der Waals surface area (Å²) in [5.74, 6) is -1.00. The normalized spacial score (nSPS) is 26.0. The van der Waals surface area contributed by atoms with Crippen LogP contribution < -0.4 is 10.6 Å². The highest BCUT2D eigenvalue weighted by Gasteiger charge is 2.47. The molecule has 1 heterocycles. The van der Waals surface area contributed by atoms with E-state index in [1.165, 1.54) is 6.07 Å². The van der Waals surface area contributed by atoms with Gasteiger partial charge in [-0.15, -0.1) is 12.4 Å². The zero-order chi connectivity index (χ0) is 21.5. The van der Waals surface area contributed by atoms with Crippen molar-refractivity contribution in [2.24, 2.45) is 5.73 Å². The second-order valence-electron chi connectivity index (χ2n) is 8.60. The van der Waals surface area contributed by atoms with Gasteiger partial charge in [0.05, 0.1) is 5.56 Å². The standard InChI is InChI=1S/C23H26ClN3O3.ClH/c1-22(8-10-23(25,11-9-22)17-5-3-6-18(24)15-17)27-13-12-26(21(27)30)19-7-2-4-16(14-19)20(28)29;/h2-7,14-15H,8-13,25H2,1H3,(H,28,29);1H. The van der Waals surface area contributed by atoms with E-state index in [0.29, 0.717) is 23.8 Å².